The molecule has 5 rings (SSSR count). The van der Waals surface area contributed by atoms with Gasteiger partial charge in [-0.25, -0.2) is 0 Å². The largest absolute Gasteiger partial charge is 0.360 e. The van der Waals surface area contributed by atoms with Gasteiger partial charge in [-0.15, -0.1) is 0 Å². The fraction of sp³-hybridized carbons (Fsp3) is 0.375. The zero-order chi connectivity index (χ0) is 19.3. The summed E-state index contributed by atoms with van der Waals surface area (Å²) in [5.41, 5.74) is 4.64. The Bertz CT molecular complexity index is 963. The summed E-state index contributed by atoms with van der Waals surface area (Å²) in [7, 11) is 2.27. The maximum Gasteiger partial charge on any atom is 0.142 e. The van der Waals surface area contributed by atoms with Crippen molar-refractivity contribution in [1.82, 2.24) is 10.1 Å². The summed E-state index contributed by atoms with van der Waals surface area (Å²) < 4.78 is 5.96. The predicted octanol–water partition coefficient (Wildman–Crippen LogP) is 6.04. The molecular formula is C24H25ClN2O. The molecule has 28 heavy (non-hydrogen) atoms. The van der Waals surface area contributed by atoms with Gasteiger partial charge in [0.2, 0.25) is 0 Å². The molecule has 144 valence electrons. The number of nitrogens with zero attached hydrogens (tertiary/aromatic N) is 2. The van der Waals surface area contributed by atoms with Gasteiger partial charge in [0.25, 0.3) is 0 Å². The first-order valence-corrected chi connectivity index (χ1v) is 10.5. The number of piperidine rings is 1. The third kappa shape index (κ3) is 3.07. The second kappa shape index (κ2) is 7.06. The molecule has 1 aromatic heterocycles. The van der Waals surface area contributed by atoms with E-state index in [2.05, 4.69) is 66.5 Å². The first kappa shape index (κ1) is 18.0. The Morgan fingerprint density at radius 2 is 1.79 bits per heavy atom. The van der Waals surface area contributed by atoms with Crippen LogP contribution in [0.4, 0.5) is 0 Å². The molecule has 2 aliphatic rings. The SMILES string of the molecule is Cc1ccc(-c2cc([C@H]3[C@@H](c4ccc(Cl)cc4)C[C@H]4CC[C@H]3N4C)on2)cc1. The smallest absolute Gasteiger partial charge is 0.142 e. The van der Waals surface area contributed by atoms with Crippen LogP contribution in [0.1, 0.15) is 48.0 Å². The van der Waals surface area contributed by atoms with Gasteiger partial charge in [0.1, 0.15) is 11.5 Å². The van der Waals surface area contributed by atoms with E-state index in [0.717, 1.165) is 28.5 Å². The average Bonchev–Trinajstić information content (AvgIpc) is 3.26. The molecule has 0 amide bonds. The van der Waals surface area contributed by atoms with Crippen molar-refractivity contribution >= 4 is 11.6 Å². The Labute approximate surface area is 171 Å². The highest BCUT2D eigenvalue weighted by atomic mass is 35.5. The minimum Gasteiger partial charge on any atom is -0.360 e. The van der Waals surface area contributed by atoms with E-state index in [0.29, 0.717) is 23.9 Å². The fourth-order valence-corrected chi connectivity index (χ4v) is 5.34. The monoisotopic (exact) mass is 392 g/mol. The Hall–Kier alpha value is -2.10. The number of rotatable bonds is 3. The molecule has 0 spiro atoms. The molecule has 2 aromatic carbocycles. The third-order valence-corrected chi connectivity index (χ3v) is 7.02. The number of fused-ring (bicyclic) bond motifs is 2. The summed E-state index contributed by atoms with van der Waals surface area (Å²) in [6.45, 7) is 2.10. The van der Waals surface area contributed by atoms with Crippen LogP contribution in [-0.4, -0.2) is 29.2 Å². The van der Waals surface area contributed by atoms with Gasteiger partial charge in [0, 0.05) is 34.7 Å². The van der Waals surface area contributed by atoms with Crippen LogP contribution in [-0.2, 0) is 0 Å². The highest BCUT2D eigenvalue weighted by Crippen LogP contribution is 2.51. The van der Waals surface area contributed by atoms with Gasteiger partial charge in [-0.3, -0.25) is 4.90 Å². The number of aryl methyl sites for hydroxylation is 1. The van der Waals surface area contributed by atoms with Crippen LogP contribution in [0.5, 0.6) is 0 Å². The quantitative estimate of drug-likeness (QED) is 0.544. The lowest BCUT2D eigenvalue weighted by Crippen LogP contribution is -2.44. The summed E-state index contributed by atoms with van der Waals surface area (Å²) >= 11 is 6.14. The normalized spacial score (nSPS) is 27.2. The number of likely N-dealkylation sites (N-methyl/N-ethyl adjacent to an activating group) is 1. The van der Waals surface area contributed by atoms with E-state index in [-0.39, 0.29) is 0 Å². The number of aromatic nitrogens is 1. The van der Waals surface area contributed by atoms with Gasteiger partial charge in [-0.2, -0.15) is 0 Å². The Morgan fingerprint density at radius 1 is 1.04 bits per heavy atom. The summed E-state index contributed by atoms with van der Waals surface area (Å²) in [6, 6.07) is 20.2. The van der Waals surface area contributed by atoms with Gasteiger partial charge in [0.05, 0.1) is 0 Å². The lowest BCUT2D eigenvalue weighted by molar-refractivity contribution is 0.122. The first-order valence-electron chi connectivity index (χ1n) is 10.1. The Balaban J connectivity index is 1.53. The van der Waals surface area contributed by atoms with Gasteiger partial charge < -0.3 is 4.52 Å². The molecule has 3 heterocycles. The predicted molar refractivity (Wildman–Crippen MR) is 113 cm³/mol. The van der Waals surface area contributed by atoms with Crippen molar-refractivity contribution in [3.63, 3.8) is 0 Å². The number of benzene rings is 2. The lowest BCUT2D eigenvalue weighted by atomic mass is 9.75. The summed E-state index contributed by atoms with van der Waals surface area (Å²) in [4.78, 5) is 2.56. The van der Waals surface area contributed by atoms with E-state index in [1.807, 2.05) is 12.1 Å². The van der Waals surface area contributed by atoms with Crippen molar-refractivity contribution < 1.29 is 4.52 Å². The van der Waals surface area contributed by atoms with Crippen molar-refractivity contribution in [1.29, 1.82) is 0 Å². The van der Waals surface area contributed by atoms with Gasteiger partial charge >= 0.3 is 0 Å². The van der Waals surface area contributed by atoms with E-state index in [1.54, 1.807) is 0 Å². The average molecular weight is 393 g/mol. The molecule has 0 saturated carbocycles. The van der Waals surface area contributed by atoms with E-state index in [4.69, 9.17) is 16.1 Å². The first-order chi connectivity index (χ1) is 13.6. The second-order valence-electron chi connectivity index (χ2n) is 8.36. The molecule has 0 aliphatic carbocycles. The van der Waals surface area contributed by atoms with Crippen LogP contribution >= 0.6 is 11.6 Å². The zero-order valence-corrected chi connectivity index (χ0v) is 17.1. The third-order valence-electron chi connectivity index (χ3n) is 6.77. The van der Waals surface area contributed by atoms with Crippen molar-refractivity contribution in [3.8, 4) is 11.3 Å². The van der Waals surface area contributed by atoms with Crippen LogP contribution < -0.4 is 0 Å². The molecule has 3 aromatic rings. The molecule has 0 unspecified atom stereocenters. The van der Waals surface area contributed by atoms with Crippen LogP contribution in [0.15, 0.2) is 59.1 Å². The van der Waals surface area contributed by atoms with Crippen LogP contribution in [0, 0.1) is 6.92 Å². The summed E-state index contributed by atoms with van der Waals surface area (Å²) in [5.74, 6) is 1.76. The lowest BCUT2D eigenvalue weighted by Gasteiger charge is -2.42. The van der Waals surface area contributed by atoms with E-state index >= 15 is 0 Å². The van der Waals surface area contributed by atoms with Gasteiger partial charge in [0.15, 0.2) is 0 Å². The van der Waals surface area contributed by atoms with Gasteiger partial charge in [-0.1, -0.05) is 58.7 Å². The fourth-order valence-electron chi connectivity index (χ4n) is 5.21. The second-order valence-corrected chi connectivity index (χ2v) is 8.80. The summed E-state index contributed by atoms with van der Waals surface area (Å²) in [6.07, 6.45) is 3.64. The molecule has 2 bridgehead atoms. The van der Waals surface area contributed by atoms with Crippen molar-refractivity contribution in [2.24, 2.45) is 0 Å². The van der Waals surface area contributed by atoms with Crippen molar-refractivity contribution in [3.05, 3.63) is 76.5 Å². The Kier molecular flexibility index (Phi) is 4.53. The van der Waals surface area contributed by atoms with Crippen molar-refractivity contribution in [2.45, 2.75) is 50.1 Å². The van der Waals surface area contributed by atoms with Crippen LogP contribution in [0.2, 0.25) is 5.02 Å². The molecule has 3 nitrogen and oxygen atoms in total. The Morgan fingerprint density at radius 3 is 2.54 bits per heavy atom. The number of hydrogen-bond donors (Lipinski definition) is 0. The molecule has 2 fully saturated rings. The topological polar surface area (TPSA) is 29.3 Å². The number of halogens is 1. The number of hydrogen-bond acceptors (Lipinski definition) is 3. The van der Waals surface area contributed by atoms with E-state index < -0.39 is 0 Å². The minimum atomic E-state index is 0.316. The molecule has 4 heteroatoms. The molecule has 4 atom stereocenters. The summed E-state index contributed by atoms with van der Waals surface area (Å²) in [5, 5.41) is 5.22. The standard InChI is InChI=1S/C24H25ClN2O/c1-15-3-5-17(6-4-15)21-14-23(28-26-21)24-20(16-7-9-18(25)10-8-16)13-19-11-12-22(24)27(19)2/h3-10,14,19-20,22,24H,11-13H2,1-2H3/t19-,20-,22-,24+/m1/s1. The van der Waals surface area contributed by atoms with Crippen molar-refractivity contribution in [2.75, 3.05) is 7.05 Å². The van der Waals surface area contributed by atoms with Gasteiger partial charge in [-0.05, 0) is 56.8 Å². The highest BCUT2D eigenvalue weighted by Gasteiger charge is 2.48. The molecular weight excluding hydrogens is 368 g/mol. The molecule has 2 aliphatic heterocycles. The minimum absolute atomic E-state index is 0.316. The zero-order valence-electron chi connectivity index (χ0n) is 16.3. The maximum atomic E-state index is 6.14. The van der Waals surface area contributed by atoms with Crippen LogP contribution in [0.25, 0.3) is 11.3 Å². The molecule has 2 saturated heterocycles. The highest BCUT2D eigenvalue weighted by molar-refractivity contribution is 6.30. The molecule has 0 radical (unpaired) electrons. The van der Waals surface area contributed by atoms with E-state index in [9.17, 15) is 0 Å². The molecule has 0 N–H and O–H groups in total. The van der Waals surface area contributed by atoms with E-state index in [1.165, 1.54) is 24.0 Å². The maximum absolute atomic E-state index is 6.14. The van der Waals surface area contributed by atoms with Crippen LogP contribution in [0.3, 0.4) is 0 Å².